The lowest BCUT2D eigenvalue weighted by molar-refractivity contribution is 1.06. The van der Waals surface area contributed by atoms with E-state index in [2.05, 4.69) is 33.0 Å². The lowest BCUT2D eigenvalue weighted by Crippen LogP contribution is -1.95. The van der Waals surface area contributed by atoms with Crippen molar-refractivity contribution in [2.24, 2.45) is 0 Å². The van der Waals surface area contributed by atoms with Crippen LogP contribution in [0.5, 0.6) is 0 Å². The number of aromatic nitrogens is 2. The Morgan fingerprint density at radius 2 is 1.84 bits per heavy atom. The molecule has 2 N–H and O–H groups in total. The van der Waals surface area contributed by atoms with Crippen LogP contribution in [0.4, 0.5) is 5.69 Å². The van der Waals surface area contributed by atoms with Gasteiger partial charge in [0.1, 0.15) is 0 Å². The Hall–Kier alpha value is -2.07. The fraction of sp³-hybridized carbons (Fsp3) is 0. The van der Waals surface area contributed by atoms with E-state index in [0.717, 1.165) is 27.1 Å². The van der Waals surface area contributed by atoms with Gasteiger partial charge in [0.15, 0.2) is 0 Å². The molecule has 0 radical (unpaired) electrons. The average molecular weight is 314 g/mol. The molecule has 0 aliphatic heterocycles. The van der Waals surface area contributed by atoms with Gasteiger partial charge in [-0.2, -0.15) is 0 Å². The van der Waals surface area contributed by atoms with Crippen LogP contribution < -0.4 is 5.73 Å². The maximum atomic E-state index is 5.72. The van der Waals surface area contributed by atoms with Gasteiger partial charge in [0.05, 0.1) is 18.2 Å². The molecule has 0 bridgehead atoms. The summed E-state index contributed by atoms with van der Waals surface area (Å²) in [7, 11) is 0. The molecule has 0 unspecified atom stereocenters. The zero-order valence-electron chi connectivity index (χ0n) is 10.1. The molecule has 0 aliphatic carbocycles. The second-order valence-electron chi connectivity index (χ2n) is 4.25. The summed E-state index contributed by atoms with van der Waals surface area (Å²) < 4.78 is 3.09. The molecule has 0 amide bonds. The molecule has 0 saturated heterocycles. The molecule has 0 saturated carbocycles. The second kappa shape index (κ2) is 4.90. The quantitative estimate of drug-likeness (QED) is 0.729. The van der Waals surface area contributed by atoms with Crippen LogP contribution in [0.15, 0.2) is 65.5 Å². The van der Waals surface area contributed by atoms with E-state index >= 15 is 0 Å². The third kappa shape index (κ3) is 2.39. The highest BCUT2D eigenvalue weighted by Crippen LogP contribution is 2.25. The van der Waals surface area contributed by atoms with Crippen molar-refractivity contribution in [2.45, 2.75) is 0 Å². The monoisotopic (exact) mass is 313 g/mol. The first-order valence-corrected chi connectivity index (χ1v) is 6.67. The van der Waals surface area contributed by atoms with E-state index in [1.165, 1.54) is 0 Å². The Bertz CT molecular complexity index is 701. The third-order valence-electron chi connectivity index (χ3n) is 2.93. The first kappa shape index (κ1) is 12.0. The lowest BCUT2D eigenvalue weighted by atomic mass is 10.1. The molecule has 0 fully saturated rings. The number of imidazole rings is 1. The van der Waals surface area contributed by atoms with Crippen molar-refractivity contribution in [2.75, 3.05) is 5.73 Å². The van der Waals surface area contributed by atoms with E-state index in [9.17, 15) is 0 Å². The van der Waals surface area contributed by atoms with Gasteiger partial charge in [-0.25, -0.2) is 4.98 Å². The van der Waals surface area contributed by atoms with Crippen molar-refractivity contribution in [3.8, 4) is 16.9 Å². The minimum Gasteiger partial charge on any atom is -0.399 e. The Balaban J connectivity index is 2.10. The molecule has 94 valence electrons. The molecule has 1 aromatic heterocycles. The molecule has 19 heavy (non-hydrogen) atoms. The van der Waals surface area contributed by atoms with Crippen LogP contribution in [0, 0.1) is 0 Å². The first-order valence-electron chi connectivity index (χ1n) is 5.88. The van der Waals surface area contributed by atoms with E-state index in [4.69, 9.17) is 5.73 Å². The van der Waals surface area contributed by atoms with Gasteiger partial charge >= 0.3 is 0 Å². The minimum atomic E-state index is 0.757. The molecule has 0 aliphatic rings. The van der Waals surface area contributed by atoms with Crippen molar-refractivity contribution in [3.05, 3.63) is 65.5 Å². The summed E-state index contributed by atoms with van der Waals surface area (Å²) in [5.41, 5.74) is 9.68. The molecular formula is C15H12BrN3. The highest BCUT2D eigenvalue weighted by Gasteiger charge is 2.07. The molecule has 0 atom stereocenters. The van der Waals surface area contributed by atoms with Gasteiger partial charge in [0.25, 0.3) is 0 Å². The van der Waals surface area contributed by atoms with Crippen LogP contribution in [0.2, 0.25) is 0 Å². The summed E-state index contributed by atoms with van der Waals surface area (Å²) in [5.74, 6) is 0. The molecule has 4 heteroatoms. The van der Waals surface area contributed by atoms with Crippen LogP contribution in [0.1, 0.15) is 0 Å². The summed E-state index contributed by atoms with van der Waals surface area (Å²) in [5, 5.41) is 0. The van der Waals surface area contributed by atoms with Gasteiger partial charge in [0, 0.05) is 21.4 Å². The average Bonchev–Trinajstić information content (AvgIpc) is 2.89. The van der Waals surface area contributed by atoms with Crippen LogP contribution in [-0.4, -0.2) is 9.55 Å². The van der Waals surface area contributed by atoms with E-state index in [1.807, 2.05) is 53.5 Å². The summed E-state index contributed by atoms with van der Waals surface area (Å²) in [6, 6.07) is 15.9. The molecule has 1 heterocycles. The Labute approximate surface area is 119 Å². The number of nitrogens with zero attached hydrogens (tertiary/aromatic N) is 2. The smallest absolute Gasteiger partial charge is 0.0997 e. The summed E-state index contributed by atoms with van der Waals surface area (Å²) in [6.07, 6.45) is 3.67. The predicted molar refractivity (Wildman–Crippen MR) is 81.1 cm³/mol. The van der Waals surface area contributed by atoms with Gasteiger partial charge in [-0.05, 0) is 36.4 Å². The highest BCUT2D eigenvalue weighted by atomic mass is 79.9. The van der Waals surface area contributed by atoms with Gasteiger partial charge in [-0.15, -0.1) is 0 Å². The molecule has 2 aromatic carbocycles. The molecule has 3 nitrogen and oxygen atoms in total. The van der Waals surface area contributed by atoms with Gasteiger partial charge < -0.3 is 5.73 Å². The molecule has 0 spiro atoms. The topological polar surface area (TPSA) is 43.8 Å². The first-order chi connectivity index (χ1) is 9.24. The zero-order valence-corrected chi connectivity index (χ0v) is 11.7. The normalized spacial score (nSPS) is 10.6. The van der Waals surface area contributed by atoms with Gasteiger partial charge in [0.2, 0.25) is 0 Å². The van der Waals surface area contributed by atoms with Crippen LogP contribution in [0.25, 0.3) is 16.9 Å². The van der Waals surface area contributed by atoms with Gasteiger partial charge in [-0.1, -0.05) is 28.1 Å². The van der Waals surface area contributed by atoms with Crippen molar-refractivity contribution in [1.82, 2.24) is 9.55 Å². The van der Waals surface area contributed by atoms with Crippen LogP contribution >= 0.6 is 15.9 Å². The fourth-order valence-electron chi connectivity index (χ4n) is 2.00. The van der Waals surface area contributed by atoms with Crippen molar-refractivity contribution in [1.29, 1.82) is 0 Å². The Kier molecular flexibility index (Phi) is 3.09. The van der Waals surface area contributed by atoms with E-state index in [-0.39, 0.29) is 0 Å². The van der Waals surface area contributed by atoms with E-state index in [1.54, 1.807) is 0 Å². The third-order valence-corrected chi connectivity index (χ3v) is 3.42. The number of rotatable bonds is 2. The summed E-state index contributed by atoms with van der Waals surface area (Å²) in [6.45, 7) is 0. The number of benzene rings is 2. The highest BCUT2D eigenvalue weighted by molar-refractivity contribution is 9.10. The van der Waals surface area contributed by atoms with Gasteiger partial charge in [-0.3, -0.25) is 4.57 Å². The minimum absolute atomic E-state index is 0.757. The summed E-state index contributed by atoms with van der Waals surface area (Å²) >= 11 is 3.49. The lowest BCUT2D eigenvalue weighted by Gasteiger charge is -2.09. The standard InChI is InChI=1S/C15H12BrN3/c16-12-3-1-2-11(8-12)15-9-18-10-19(15)14-6-4-13(17)5-7-14/h1-10H,17H2. The van der Waals surface area contributed by atoms with E-state index < -0.39 is 0 Å². The van der Waals surface area contributed by atoms with Crippen molar-refractivity contribution < 1.29 is 0 Å². The predicted octanol–water partition coefficient (Wildman–Crippen LogP) is 3.88. The second-order valence-corrected chi connectivity index (χ2v) is 5.17. The van der Waals surface area contributed by atoms with Crippen LogP contribution in [-0.2, 0) is 0 Å². The SMILES string of the molecule is Nc1ccc(-n2cncc2-c2cccc(Br)c2)cc1. The maximum Gasteiger partial charge on any atom is 0.0997 e. The van der Waals surface area contributed by atoms with Crippen molar-refractivity contribution >= 4 is 21.6 Å². The van der Waals surface area contributed by atoms with E-state index in [0.29, 0.717) is 0 Å². The number of hydrogen-bond acceptors (Lipinski definition) is 2. The van der Waals surface area contributed by atoms with Crippen molar-refractivity contribution in [3.63, 3.8) is 0 Å². The molecule has 3 aromatic rings. The number of anilines is 1. The number of hydrogen-bond donors (Lipinski definition) is 1. The summed E-state index contributed by atoms with van der Waals surface area (Å²) in [4.78, 5) is 4.24. The Morgan fingerprint density at radius 3 is 2.58 bits per heavy atom. The number of nitrogen functional groups attached to an aromatic ring is 1. The zero-order chi connectivity index (χ0) is 13.2. The number of nitrogens with two attached hydrogens (primary N) is 1. The Morgan fingerprint density at radius 1 is 1.05 bits per heavy atom. The van der Waals surface area contributed by atoms with Crippen LogP contribution in [0.3, 0.4) is 0 Å². The molecule has 3 rings (SSSR count). The molecular weight excluding hydrogens is 302 g/mol. The largest absolute Gasteiger partial charge is 0.399 e. The fourth-order valence-corrected chi connectivity index (χ4v) is 2.40. The number of halogens is 1. The maximum absolute atomic E-state index is 5.72.